The Kier molecular flexibility index (Phi) is 8.73. The molecule has 2 aromatic carbocycles. The van der Waals surface area contributed by atoms with Crippen LogP contribution in [0.5, 0.6) is 0 Å². The summed E-state index contributed by atoms with van der Waals surface area (Å²) in [5.74, 6) is -2.62. The fraction of sp³-hybridized carbons (Fsp3) is 0.553. The topological polar surface area (TPSA) is 122 Å². The van der Waals surface area contributed by atoms with Gasteiger partial charge in [0, 0.05) is 69.5 Å². The number of amides is 5. The van der Waals surface area contributed by atoms with Crippen LogP contribution in [0.1, 0.15) is 90.9 Å². The highest BCUT2D eigenvalue weighted by Crippen LogP contribution is 2.53. The monoisotopic (exact) mass is 686 g/mol. The molecule has 1 unspecified atom stereocenters. The molecule has 12 heteroatoms. The minimum absolute atomic E-state index is 0.00851. The summed E-state index contributed by atoms with van der Waals surface area (Å²) in [5, 5.41) is 5.47. The normalized spacial score (nSPS) is 24.3. The summed E-state index contributed by atoms with van der Waals surface area (Å²) < 4.78 is 15.4. The van der Waals surface area contributed by atoms with Gasteiger partial charge in [-0.1, -0.05) is 27.7 Å². The second-order valence-electron chi connectivity index (χ2n) is 16.1. The second kappa shape index (κ2) is 12.8. The SMILES string of the molecule is CC1(C)CC(C)(C)C1NC(=O)c1ccc(N2CCN(CC3CCN(c4c(F)ccc5c4C(=O)N(C4CCC(=O)NC4=O)C5=O)CC3)CC2)cc1. The first-order valence-corrected chi connectivity index (χ1v) is 17.9. The Balaban J connectivity index is 0.911. The molecule has 5 aliphatic rings. The molecule has 0 radical (unpaired) electrons. The summed E-state index contributed by atoms with van der Waals surface area (Å²) in [7, 11) is 0. The predicted octanol–water partition coefficient (Wildman–Crippen LogP) is 3.82. The van der Waals surface area contributed by atoms with Crippen LogP contribution in [0.4, 0.5) is 15.8 Å². The summed E-state index contributed by atoms with van der Waals surface area (Å²) >= 11 is 0. The number of hydrogen-bond acceptors (Lipinski definition) is 8. The van der Waals surface area contributed by atoms with Crippen LogP contribution in [-0.4, -0.2) is 97.2 Å². The van der Waals surface area contributed by atoms with E-state index >= 15 is 4.39 Å². The van der Waals surface area contributed by atoms with Gasteiger partial charge < -0.3 is 15.1 Å². The highest BCUT2D eigenvalue weighted by molar-refractivity contribution is 6.25. The fourth-order valence-electron chi connectivity index (χ4n) is 9.45. The lowest BCUT2D eigenvalue weighted by molar-refractivity contribution is -0.136. The molecule has 1 atom stereocenters. The van der Waals surface area contributed by atoms with Gasteiger partial charge >= 0.3 is 0 Å². The zero-order valence-corrected chi connectivity index (χ0v) is 29.4. The number of carbonyl (C=O) groups is 5. The van der Waals surface area contributed by atoms with E-state index in [0.29, 0.717) is 24.6 Å². The number of fused-ring (bicyclic) bond motifs is 1. The number of piperidine rings is 2. The van der Waals surface area contributed by atoms with Crippen LogP contribution in [-0.2, 0) is 9.59 Å². The van der Waals surface area contributed by atoms with E-state index in [1.165, 1.54) is 12.1 Å². The van der Waals surface area contributed by atoms with Crippen molar-refractivity contribution in [3.05, 3.63) is 58.9 Å². The summed E-state index contributed by atoms with van der Waals surface area (Å²) in [4.78, 5) is 71.6. The number of imide groups is 2. The molecule has 0 aromatic heterocycles. The van der Waals surface area contributed by atoms with Gasteiger partial charge in [-0.3, -0.25) is 39.1 Å². The number of rotatable bonds is 7. The van der Waals surface area contributed by atoms with Gasteiger partial charge in [-0.2, -0.15) is 0 Å². The molecular weight excluding hydrogens is 639 g/mol. The van der Waals surface area contributed by atoms with Crippen molar-refractivity contribution in [1.29, 1.82) is 0 Å². The largest absolute Gasteiger partial charge is 0.369 e. The highest BCUT2D eigenvalue weighted by atomic mass is 19.1. The molecule has 11 nitrogen and oxygen atoms in total. The third-order valence-electron chi connectivity index (χ3n) is 11.6. The molecule has 266 valence electrons. The first kappa shape index (κ1) is 34.1. The molecule has 0 spiro atoms. The van der Waals surface area contributed by atoms with Crippen LogP contribution in [0.3, 0.4) is 0 Å². The molecule has 4 fully saturated rings. The first-order valence-electron chi connectivity index (χ1n) is 17.9. The molecule has 4 aliphatic heterocycles. The lowest BCUT2D eigenvalue weighted by Gasteiger charge is -2.57. The molecule has 3 saturated heterocycles. The van der Waals surface area contributed by atoms with Crippen LogP contribution in [0, 0.1) is 22.6 Å². The zero-order chi connectivity index (χ0) is 35.5. The fourth-order valence-corrected chi connectivity index (χ4v) is 9.45. The van der Waals surface area contributed by atoms with Gasteiger partial charge in [0.05, 0.1) is 16.8 Å². The molecule has 2 N–H and O–H groups in total. The minimum Gasteiger partial charge on any atom is -0.369 e. The van der Waals surface area contributed by atoms with Gasteiger partial charge in [0.25, 0.3) is 17.7 Å². The average molecular weight is 687 g/mol. The zero-order valence-electron chi connectivity index (χ0n) is 29.4. The summed E-state index contributed by atoms with van der Waals surface area (Å²) in [6.07, 6.45) is 2.81. The van der Waals surface area contributed by atoms with Gasteiger partial charge in [0.15, 0.2) is 0 Å². The van der Waals surface area contributed by atoms with Gasteiger partial charge in [-0.15, -0.1) is 0 Å². The Morgan fingerprint density at radius 3 is 2.12 bits per heavy atom. The van der Waals surface area contributed by atoms with Crippen molar-refractivity contribution in [3.63, 3.8) is 0 Å². The maximum absolute atomic E-state index is 15.4. The van der Waals surface area contributed by atoms with Crippen LogP contribution >= 0.6 is 0 Å². The number of benzene rings is 2. The Bertz CT molecular complexity index is 1710. The third-order valence-corrected chi connectivity index (χ3v) is 11.6. The molecule has 4 heterocycles. The second-order valence-corrected chi connectivity index (χ2v) is 16.1. The predicted molar refractivity (Wildman–Crippen MR) is 187 cm³/mol. The number of nitrogens with one attached hydrogen (secondary N) is 2. The number of carbonyl (C=O) groups excluding carboxylic acids is 5. The minimum atomic E-state index is -1.09. The Hall–Kier alpha value is -4.32. The molecular formula is C38H47FN6O5. The van der Waals surface area contributed by atoms with Crippen molar-refractivity contribution in [2.24, 2.45) is 16.7 Å². The van der Waals surface area contributed by atoms with Crippen molar-refractivity contribution < 1.29 is 28.4 Å². The van der Waals surface area contributed by atoms with E-state index in [9.17, 15) is 24.0 Å². The number of piperazine rings is 1. The van der Waals surface area contributed by atoms with Crippen molar-refractivity contribution >= 4 is 40.9 Å². The van der Waals surface area contributed by atoms with Gasteiger partial charge in [-0.05, 0) is 78.8 Å². The van der Waals surface area contributed by atoms with E-state index < -0.39 is 35.5 Å². The number of halogens is 1. The number of anilines is 2. The average Bonchev–Trinajstić information content (AvgIpc) is 3.32. The smallest absolute Gasteiger partial charge is 0.264 e. The Morgan fingerprint density at radius 1 is 0.840 bits per heavy atom. The molecule has 50 heavy (non-hydrogen) atoms. The summed E-state index contributed by atoms with van der Waals surface area (Å²) in [6.45, 7) is 14.5. The summed E-state index contributed by atoms with van der Waals surface area (Å²) in [6, 6.07) is 9.51. The maximum Gasteiger partial charge on any atom is 0.264 e. The van der Waals surface area contributed by atoms with Crippen molar-refractivity contribution in [2.75, 3.05) is 55.6 Å². The van der Waals surface area contributed by atoms with Crippen molar-refractivity contribution in [3.8, 4) is 0 Å². The van der Waals surface area contributed by atoms with Gasteiger partial charge in [0.1, 0.15) is 11.9 Å². The molecule has 7 rings (SSSR count). The molecule has 5 amide bonds. The Labute approximate surface area is 292 Å². The van der Waals surface area contributed by atoms with Gasteiger partial charge in [0.2, 0.25) is 11.8 Å². The quantitative estimate of drug-likeness (QED) is 0.422. The number of hydrogen-bond donors (Lipinski definition) is 2. The lowest BCUT2D eigenvalue weighted by atomic mass is 9.52. The first-order chi connectivity index (χ1) is 23.7. The molecule has 1 saturated carbocycles. The molecule has 2 aromatic rings. The van der Waals surface area contributed by atoms with E-state index in [4.69, 9.17) is 0 Å². The maximum atomic E-state index is 15.4. The van der Waals surface area contributed by atoms with E-state index in [1.54, 1.807) is 0 Å². The summed E-state index contributed by atoms with van der Waals surface area (Å²) in [5.41, 5.74) is 2.22. The van der Waals surface area contributed by atoms with Crippen LogP contribution < -0.4 is 20.4 Å². The van der Waals surface area contributed by atoms with Gasteiger partial charge in [-0.25, -0.2) is 4.39 Å². The van der Waals surface area contributed by atoms with Crippen LogP contribution in [0.2, 0.25) is 0 Å². The van der Waals surface area contributed by atoms with Crippen molar-refractivity contribution in [1.82, 2.24) is 20.4 Å². The van der Waals surface area contributed by atoms with E-state index in [-0.39, 0.29) is 52.4 Å². The standard InChI is InChI=1S/C38H47FN6O5/c1-37(2)22-38(3,4)36(37)41-32(47)24-5-7-25(8-6-24)43-19-17-42(18-20-43)21-23-13-15-44(16-14-23)31-27(39)10-9-26-30(31)35(50)45(34(26)49)28-11-12-29(46)40-33(28)48/h5-10,23,28,36H,11-22H2,1-4H3,(H,41,47)(H,40,46,48). The van der Waals surface area contributed by atoms with E-state index in [0.717, 1.165) is 62.6 Å². The molecule has 1 aliphatic carbocycles. The van der Waals surface area contributed by atoms with Crippen LogP contribution in [0.25, 0.3) is 0 Å². The van der Waals surface area contributed by atoms with Crippen LogP contribution in [0.15, 0.2) is 36.4 Å². The lowest BCUT2D eigenvalue weighted by Crippen LogP contribution is -2.63. The van der Waals surface area contributed by atoms with E-state index in [2.05, 4.69) is 48.1 Å². The highest BCUT2D eigenvalue weighted by Gasteiger charge is 2.53. The number of nitrogens with zero attached hydrogens (tertiary/aromatic N) is 4. The molecule has 0 bridgehead atoms. The van der Waals surface area contributed by atoms with Crippen molar-refractivity contribution in [2.45, 2.75) is 71.9 Å². The third kappa shape index (κ3) is 6.16. The Morgan fingerprint density at radius 2 is 1.50 bits per heavy atom. The van der Waals surface area contributed by atoms with E-state index in [1.807, 2.05) is 29.2 Å².